The van der Waals surface area contributed by atoms with Gasteiger partial charge in [-0.15, -0.1) is 0 Å². The van der Waals surface area contributed by atoms with E-state index in [9.17, 15) is 9.59 Å². The van der Waals surface area contributed by atoms with Crippen molar-refractivity contribution >= 4 is 11.8 Å². The Morgan fingerprint density at radius 3 is 1.94 bits per heavy atom. The van der Waals surface area contributed by atoms with Crippen molar-refractivity contribution in [2.45, 2.75) is 38.8 Å². The number of rotatable bonds is 10. The van der Waals surface area contributed by atoms with Crippen LogP contribution in [0.2, 0.25) is 0 Å². The molecule has 0 aliphatic rings. The first-order valence-corrected chi connectivity index (χ1v) is 10.9. The molecule has 0 fully saturated rings. The lowest BCUT2D eigenvalue weighted by Crippen LogP contribution is -2.44. The van der Waals surface area contributed by atoms with E-state index in [0.717, 1.165) is 29.5 Å². The molecule has 0 spiro atoms. The van der Waals surface area contributed by atoms with Gasteiger partial charge in [0.15, 0.2) is 0 Å². The molecule has 2 amide bonds. The van der Waals surface area contributed by atoms with Gasteiger partial charge in [-0.25, -0.2) is 0 Å². The molecular weight excluding hydrogens is 384 g/mol. The van der Waals surface area contributed by atoms with Crippen LogP contribution >= 0.6 is 0 Å². The standard InChI is InChI=1S/C27H30N2O2/c1-2-3-19-28-27(31)26(24-17-11-6-12-18-24)29(21-23-15-9-5-10-16-23)25(30)20-22-13-7-4-8-14-22/h4-18,26H,2-3,19-21H2,1H3,(H,28,31). The molecule has 3 aromatic carbocycles. The van der Waals surface area contributed by atoms with Crippen molar-refractivity contribution in [2.24, 2.45) is 0 Å². The van der Waals surface area contributed by atoms with Gasteiger partial charge in [-0.1, -0.05) is 104 Å². The molecule has 1 N–H and O–H groups in total. The molecule has 4 heteroatoms. The molecule has 0 radical (unpaired) electrons. The Morgan fingerprint density at radius 2 is 1.35 bits per heavy atom. The Bertz CT molecular complexity index is 943. The number of carbonyl (C=O) groups excluding carboxylic acids is 2. The smallest absolute Gasteiger partial charge is 0.247 e. The number of carbonyl (C=O) groups is 2. The van der Waals surface area contributed by atoms with Crippen LogP contribution < -0.4 is 5.32 Å². The molecule has 0 saturated carbocycles. The van der Waals surface area contributed by atoms with Crippen molar-refractivity contribution in [3.63, 3.8) is 0 Å². The molecule has 0 aliphatic heterocycles. The zero-order valence-electron chi connectivity index (χ0n) is 18.0. The predicted octanol–water partition coefficient (Wildman–Crippen LogP) is 4.92. The molecule has 1 unspecified atom stereocenters. The fraction of sp³-hybridized carbons (Fsp3) is 0.259. The van der Waals surface area contributed by atoms with Crippen molar-refractivity contribution in [3.05, 3.63) is 108 Å². The van der Waals surface area contributed by atoms with Crippen molar-refractivity contribution < 1.29 is 9.59 Å². The highest BCUT2D eigenvalue weighted by Gasteiger charge is 2.31. The molecule has 1 atom stereocenters. The van der Waals surface area contributed by atoms with E-state index in [1.54, 1.807) is 4.90 Å². The average molecular weight is 415 g/mol. The van der Waals surface area contributed by atoms with Crippen LogP contribution in [0.25, 0.3) is 0 Å². The van der Waals surface area contributed by atoms with Crippen LogP contribution in [0.4, 0.5) is 0 Å². The van der Waals surface area contributed by atoms with Gasteiger partial charge in [0, 0.05) is 13.1 Å². The highest BCUT2D eigenvalue weighted by atomic mass is 16.2. The lowest BCUT2D eigenvalue weighted by atomic mass is 10.0. The first-order chi connectivity index (χ1) is 15.2. The van der Waals surface area contributed by atoms with E-state index in [-0.39, 0.29) is 18.2 Å². The molecular formula is C27H30N2O2. The van der Waals surface area contributed by atoms with E-state index >= 15 is 0 Å². The lowest BCUT2D eigenvalue weighted by molar-refractivity contribution is -0.141. The van der Waals surface area contributed by atoms with Gasteiger partial charge in [-0.3, -0.25) is 9.59 Å². The zero-order valence-corrected chi connectivity index (χ0v) is 18.0. The van der Waals surface area contributed by atoms with Crippen molar-refractivity contribution in [1.82, 2.24) is 10.2 Å². The summed E-state index contributed by atoms with van der Waals surface area (Å²) in [7, 11) is 0. The maximum absolute atomic E-state index is 13.5. The molecule has 0 saturated heterocycles. The Balaban J connectivity index is 1.94. The summed E-state index contributed by atoms with van der Waals surface area (Å²) < 4.78 is 0. The summed E-state index contributed by atoms with van der Waals surface area (Å²) in [6.07, 6.45) is 2.15. The van der Waals surface area contributed by atoms with E-state index in [1.807, 2.05) is 91.0 Å². The third-order valence-electron chi connectivity index (χ3n) is 5.22. The molecule has 0 heterocycles. The second kappa shape index (κ2) is 11.7. The number of unbranched alkanes of at least 4 members (excludes halogenated alkanes) is 1. The summed E-state index contributed by atoms with van der Waals surface area (Å²) >= 11 is 0. The molecule has 160 valence electrons. The van der Waals surface area contributed by atoms with Crippen LogP contribution in [0, 0.1) is 0 Å². The summed E-state index contributed by atoms with van der Waals surface area (Å²) in [4.78, 5) is 28.5. The third kappa shape index (κ3) is 6.54. The molecule has 3 aromatic rings. The molecule has 0 aliphatic carbocycles. The average Bonchev–Trinajstić information content (AvgIpc) is 2.81. The molecule has 3 rings (SSSR count). The fourth-order valence-electron chi connectivity index (χ4n) is 3.57. The number of hydrogen-bond donors (Lipinski definition) is 1. The second-order valence-electron chi connectivity index (χ2n) is 7.63. The van der Waals surface area contributed by atoms with Crippen molar-refractivity contribution in [3.8, 4) is 0 Å². The normalized spacial score (nSPS) is 11.5. The minimum absolute atomic E-state index is 0.0745. The first-order valence-electron chi connectivity index (χ1n) is 10.9. The van der Waals surface area contributed by atoms with E-state index in [2.05, 4.69) is 12.2 Å². The van der Waals surface area contributed by atoms with Crippen LogP contribution in [-0.2, 0) is 22.6 Å². The Kier molecular flexibility index (Phi) is 8.41. The Hall–Kier alpha value is -3.40. The maximum Gasteiger partial charge on any atom is 0.247 e. The van der Waals surface area contributed by atoms with Crippen molar-refractivity contribution in [2.75, 3.05) is 6.54 Å². The van der Waals surface area contributed by atoms with Crippen LogP contribution in [0.15, 0.2) is 91.0 Å². The highest BCUT2D eigenvalue weighted by molar-refractivity contribution is 5.89. The van der Waals surface area contributed by atoms with Gasteiger partial charge in [0.1, 0.15) is 6.04 Å². The van der Waals surface area contributed by atoms with E-state index in [1.165, 1.54) is 0 Å². The van der Waals surface area contributed by atoms with Crippen LogP contribution in [0.3, 0.4) is 0 Å². The number of benzene rings is 3. The molecule has 4 nitrogen and oxygen atoms in total. The summed E-state index contributed by atoms with van der Waals surface area (Å²) in [6, 6.07) is 28.4. The predicted molar refractivity (Wildman–Crippen MR) is 124 cm³/mol. The SMILES string of the molecule is CCCCNC(=O)C(c1ccccc1)N(Cc1ccccc1)C(=O)Cc1ccccc1. The largest absolute Gasteiger partial charge is 0.354 e. The monoisotopic (exact) mass is 414 g/mol. The van der Waals surface area contributed by atoms with Gasteiger partial charge in [0.05, 0.1) is 6.42 Å². The number of hydrogen-bond acceptors (Lipinski definition) is 2. The summed E-state index contributed by atoms with van der Waals surface area (Å²) in [5.74, 6) is -0.216. The number of nitrogens with zero attached hydrogens (tertiary/aromatic N) is 1. The second-order valence-corrected chi connectivity index (χ2v) is 7.63. The van der Waals surface area contributed by atoms with E-state index in [0.29, 0.717) is 13.1 Å². The van der Waals surface area contributed by atoms with E-state index in [4.69, 9.17) is 0 Å². The van der Waals surface area contributed by atoms with Gasteiger partial charge in [0.2, 0.25) is 11.8 Å². The van der Waals surface area contributed by atoms with Gasteiger partial charge in [0.25, 0.3) is 0 Å². The molecule has 0 aromatic heterocycles. The summed E-state index contributed by atoms with van der Waals surface area (Å²) in [5, 5.41) is 3.03. The van der Waals surface area contributed by atoms with Crippen LogP contribution in [0.5, 0.6) is 0 Å². The minimum Gasteiger partial charge on any atom is -0.354 e. The van der Waals surface area contributed by atoms with E-state index < -0.39 is 6.04 Å². The Morgan fingerprint density at radius 1 is 0.806 bits per heavy atom. The maximum atomic E-state index is 13.5. The molecule has 0 bridgehead atoms. The van der Waals surface area contributed by atoms with Gasteiger partial charge < -0.3 is 10.2 Å². The van der Waals surface area contributed by atoms with Crippen LogP contribution in [0.1, 0.15) is 42.5 Å². The lowest BCUT2D eigenvalue weighted by Gasteiger charge is -2.32. The number of nitrogens with one attached hydrogen (secondary N) is 1. The molecule has 31 heavy (non-hydrogen) atoms. The van der Waals surface area contributed by atoms with Crippen LogP contribution in [-0.4, -0.2) is 23.3 Å². The third-order valence-corrected chi connectivity index (χ3v) is 5.22. The Labute approximate surface area is 184 Å². The summed E-state index contributed by atoms with van der Waals surface area (Å²) in [5.41, 5.74) is 2.74. The zero-order chi connectivity index (χ0) is 21.9. The number of amides is 2. The van der Waals surface area contributed by atoms with Gasteiger partial charge in [-0.2, -0.15) is 0 Å². The van der Waals surface area contributed by atoms with Crippen molar-refractivity contribution in [1.29, 1.82) is 0 Å². The fourth-order valence-corrected chi connectivity index (χ4v) is 3.57. The van der Waals surface area contributed by atoms with Gasteiger partial charge in [-0.05, 0) is 23.1 Å². The topological polar surface area (TPSA) is 49.4 Å². The minimum atomic E-state index is -0.686. The van der Waals surface area contributed by atoms with Gasteiger partial charge >= 0.3 is 0 Å². The first kappa shape index (κ1) is 22.3. The highest BCUT2D eigenvalue weighted by Crippen LogP contribution is 2.25. The summed E-state index contributed by atoms with van der Waals surface area (Å²) in [6.45, 7) is 3.06. The quantitative estimate of drug-likeness (QED) is 0.479.